The summed E-state index contributed by atoms with van der Waals surface area (Å²) in [7, 11) is 1.96. The molecule has 138 valence electrons. The molecule has 0 fully saturated rings. The summed E-state index contributed by atoms with van der Waals surface area (Å²) in [5.74, 6) is 0.118. The first kappa shape index (κ1) is 17.9. The lowest BCUT2D eigenvalue weighted by Gasteiger charge is -2.28. The predicted octanol–water partition coefficient (Wildman–Crippen LogP) is 4.75. The van der Waals surface area contributed by atoms with Gasteiger partial charge in [0.2, 0.25) is 5.91 Å². The van der Waals surface area contributed by atoms with Crippen molar-refractivity contribution in [1.82, 2.24) is 9.55 Å². The molecule has 3 aromatic rings. The van der Waals surface area contributed by atoms with E-state index in [1.165, 1.54) is 11.1 Å². The summed E-state index contributed by atoms with van der Waals surface area (Å²) in [6.07, 6.45) is 6.32. The van der Waals surface area contributed by atoms with Gasteiger partial charge in [-0.25, -0.2) is 4.98 Å². The van der Waals surface area contributed by atoms with Crippen LogP contribution in [0.25, 0.3) is 0 Å². The molecule has 4 nitrogen and oxygen atoms in total. The Labute approximate surface area is 164 Å². The Kier molecular flexibility index (Phi) is 5.03. The first-order valence-electron chi connectivity index (χ1n) is 9.32. The first-order chi connectivity index (χ1) is 13.2. The van der Waals surface area contributed by atoms with Crippen LogP contribution in [0.5, 0.6) is 0 Å². The summed E-state index contributed by atoms with van der Waals surface area (Å²) in [5, 5.41) is 0.678. The molecule has 1 aliphatic heterocycles. The number of fused-ring (bicyclic) bond motifs is 2. The second-order valence-corrected chi connectivity index (χ2v) is 7.94. The number of carbonyl (C=O) groups excluding carboxylic acids is 1. The Morgan fingerprint density at radius 1 is 1.07 bits per heavy atom. The van der Waals surface area contributed by atoms with Crippen molar-refractivity contribution in [2.24, 2.45) is 7.05 Å². The SMILES string of the molecule is CCC(Sc1nccn1C)C(=O)N1c2ccccc2CCc2ccccc21. The zero-order valence-electron chi connectivity index (χ0n) is 15.6. The van der Waals surface area contributed by atoms with E-state index in [-0.39, 0.29) is 11.2 Å². The second kappa shape index (κ2) is 7.61. The Bertz CT molecular complexity index is 918. The maximum Gasteiger partial charge on any atom is 0.245 e. The number of amides is 1. The average molecular weight is 378 g/mol. The number of para-hydroxylation sites is 2. The van der Waals surface area contributed by atoms with Gasteiger partial charge in [-0.3, -0.25) is 9.69 Å². The summed E-state index contributed by atoms with van der Waals surface area (Å²) in [6, 6.07) is 16.5. The van der Waals surface area contributed by atoms with Gasteiger partial charge in [0.25, 0.3) is 0 Å². The van der Waals surface area contributed by atoms with Gasteiger partial charge in [0.15, 0.2) is 5.16 Å². The number of imidazole rings is 1. The number of hydrogen-bond acceptors (Lipinski definition) is 3. The minimum atomic E-state index is -0.190. The highest BCUT2D eigenvalue weighted by atomic mass is 32.2. The lowest BCUT2D eigenvalue weighted by Crippen LogP contribution is -2.34. The van der Waals surface area contributed by atoms with Gasteiger partial charge in [-0.15, -0.1) is 0 Å². The number of aryl methyl sites for hydroxylation is 3. The van der Waals surface area contributed by atoms with Crippen molar-refractivity contribution in [3.63, 3.8) is 0 Å². The van der Waals surface area contributed by atoms with Crippen molar-refractivity contribution in [2.45, 2.75) is 36.6 Å². The highest BCUT2D eigenvalue weighted by Gasteiger charge is 2.31. The molecule has 0 radical (unpaired) electrons. The number of hydrogen-bond donors (Lipinski definition) is 0. The predicted molar refractivity (Wildman–Crippen MR) is 111 cm³/mol. The van der Waals surface area contributed by atoms with Gasteiger partial charge in [0, 0.05) is 19.4 Å². The summed E-state index contributed by atoms with van der Waals surface area (Å²) >= 11 is 1.54. The van der Waals surface area contributed by atoms with Crippen LogP contribution < -0.4 is 4.90 Å². The van der Waals surface area contributed by atoms with Crippen LogP contribution in [0.3, 0.4) is 0 Å². The lowest BCUT2D eigenvalue weighted by atomic mass is 10.0. The van der Waals surface area contributed by atoms with Crippen molar-refractivity contribution in [3.8, 4) is 0 Å². The molecule has 0 aliphatic carbocycles. The largest absolute Gasteiger partial charge is 0.329 e. The van der Waals surface area contributed by atoms with Crippen LogP contribution >= 0.6 is 11.8 Å². The molecule has 2 heterocycles. The smallest absolute Gasteiger partial charge is 0.245 e. The maximum absolute atomic E-state index is 13.7. The number of nitrogens with zero attached hydrogens (tertiary/aromatic N) is 3. The van der Waals surface area contributed by atoms with Crippen LogP contribution in [-0.4, -0.2) is 20.7 Å². The Morgan fingerprint density at radius 2 is 1.67 bits per heavy atom. The van der Waals surface area contributed by atoms with Crippen molar-refractivity contribution in [3.05, 3.63) is 72.1 Å². The van der Waals surface area contributed by atoms with Crippen molar-refractivity contribution >= 4 is 29.0 Å². The standard InChI is InChI=1S/C22H23N3OS/c1-3-20(27-22-23-14-15-24(22)2)21(26)25-18-10-6-4-8-16(18)12-13-17-9-5-7-11-19(17)25/h4-11,14-15,20H,3,12-13H2,1-2H3. The van der Waals surface area contributed by atoms with E-state index in [1.54, 1.807) is 18.0 Å². The Balaban J connectivity index is 1.77. The van der Waals surface area contributed by atoms with Crippen molar-refractivity contribution < 1.29 is 4.79 Å². The molecular formula is C22H23N3OS. The van der Waals surface area contributed by atoms with Gasteiger partial charge in [0.05, 0.1) is 16.6 Å². The van der Waals surface area contributed by atoms with E-state index in [0.717, 1.165) is 35.8 Å². The Hall–Kier alpha value is -2.53. The van der Waals surface area contributed by atoms with Crippen LogP contribution in [0.2, 0.25) is 0 Å². The summed E-state index contributed by atoms with van der Waals surface area (Å²) in [5.41, 5.74) is 4.45. The molecule has 27 heavy (non-hydrogen) atoms. The van der Waals surface area contributed by atoms with Crippen LogP contribution in [0.15, 0.2) is 66.1 Å². The molecule has 1 aliphatic rings. The Morgan fingerprint density at radius 3 is 2.19 bits per heavy atom. The third-order valence-electron chi connectivity index (χ3n) is 5.02. The van der Waals surface area contributed by atoms with Crippen LogP contribution in [0.1, 0.15) is 24.5 Å². The number of aromatic nitrogens is 2. The molecule has 1 unspecified atom stereocenters. The van der Waals surface area contributed by atoms with E-state index >= 15 is 0 Å². The minimum Gasteiger partial charge on any atom is -0.329 e. The van der Waals surface area contributed by atoms with Crippen LogP contribution in [0, 0.1) is 0 Å². The quantitative estimate of drug-likeness (QED) is 0.616. The number of anilines is 2. The summed E-state index contributed by atoms with van der Waals surface area (Å²) in [4.78, 5) is 20.0. The third kappa shape index (κ3) is 3.39. The third-order valence-corrected chi connectivity index (χ3v) is 6.44. The molecule has 1 atom stereocenters. The fourth-order valence-corrected chi connectivity index (χ4v) is 4.54. The van der Waals surface area contributed by atoms with E-state index in [4.69, 9.17) is 0 Å². The lowest BCUT2D eigenvalue weighted by molar-refractivity contribution is -0.117. The number of rotatable bonds is 4. The molecule has 1 amide bonds. The van der Waals surface area contributed by atoms with Gasteiger partial charge < -0.3 is 4.57 Å². The van der Waals surface area contributed by atoms with Crippen LogP contribution in [0.4, 0.5) is 11.4 Å². The van der Waals surface area contributed by atoms with E-state index in [0.29, 0.717) is 0 Å². The molecule has 5 heteroatoms. The number of carbonyl (C=O) groups is 1. The monoisotopic (exact) mass is 377 g/mol. The van der Waals surface area contributed by atoms with Crippen molar-refractivity contribution in [2.75, 3.05) is 4.90 Å². The molecule has 2 aromatic carbocycles. The maximum atomic E-state index is 13.7. The summed E-state index contributed by atoms with van der Waals surface area (Å²) < 4.78 is 1.96. The van der Waals surface area contributed by atoms with Gasteiger partial charge in [-0.2, -0.15) is 0 Å². The zero-order chi connectivity index (χ0) is 18.8. The molecule has 0 N–H and O–H groups in total. The molecule has 0 spiro atoms. The minimum absolute atomic E-state index is 0.118. The molecular weight excluding hydrogens is 354 g/mol. The fourth-order valence-electron chi connectivity index (χ4n) is 3.56. The number of thioether (sulfide) groups is 1. The van der Waals surface area contributed by atoms with Gasteiger partial charge in [-0.1, -0.05) is 55.1 Å². The second-order valence-electron chi connectivity index (χ2n) is 6.77. The van der Waals surface area contributed by atoms with E-state index < -0.39 is 0 Å². The highest BCUT2D eigenvalue weighted by molar-refractivity contribution is 8.00. The topological polar surface area (TPSA) is 38.1 Å². The van der Waals surface area contributed by atoms with E-state index in [1.807, 2.05) is 34.8 Å². The fraction of sp³-hybridized carbons (Fsp3) is 0.273. The highest BCUT2D eigenvalue weighted by Crippen LogP contribution is 2.38. The van der Waals surface area contributed by atoms with Gasteiger partial charge >= 0.3 is 0 Å². The molecule has 4 rings (SSSR count). The van der Waals surface area contributed by atoms with E-state index in [2.05, 4.69) is 48.3 Å². The molecule has 0 saturated carbocycles. The molecule has 0 saturated heterocycles. The summed E-state index contributed by atoms with van der Waals surface area (Å²) in [6.45, 7) is 2.06. The van der Waals surface area contributed by atoms with Crippen molar-refractivity contribution in [1.29, 1.82) is 0 Å². The number of benzene rings is 2. The molecule has 1 aromatic heterocycles. The zero-order valence-corrected chi connectivity index (χ0v) is 16.4. The molecule has 0 bridgehead atoms. The van der Waals surface area contributed by atoms with Crippen LogP contribution in [-0.2, 0) is 24.7 Å². The van der Waals surface area contributed by atoms with E-state index in [9.17, 15) is 4.79 Å². The van der Waals surface area contributed by atoms with Gasteiger partial charge in [0.1, 0.15) is 0 Å². The van der Waals surface area contributed by atoms with Gasteiger partial charge in [-0.05, 0) is 42.5 Å². The first-order valence-corrected chi connectivity index (χ1v) is 10.2. The average Bonchev–Trinajstić information content (AvgIpc) is 3.02. The normalized spacial score (nSPS) is 14.2.